The first-order chi connectivity index (χ1) is 8.03. The smallest absolute Gasteiger partial charge is 0.123 e. The van der Waals surface area contributed by atoms with Crippen molar-refractivity contribution in [2.45, 2.75) is 79.1 Å². The summed E-state index contributed by atoms with van der Waals surface area (Å²) in [5.74, 6) is 3.50. The van der Waals surface area contributed by atoms with Gasteiger partial charge in [-0.3, -0.25) is 0 Å². The summed E-state index contributed by atoms with van der Waals surface area (Å²) >= 11 is 0. The van der Waals surface area contributed by atoms with Crippen LogP contribution < -0.4 is 4.98 Å². The molecule has 1 saturated carbocycles. The molecule has 0 radical (unpaired) electrons. The van der Waals surface area contributed by atoms with E-state index < -0.39 is 8.24 Å². The summed E-state index contributed by atoms with van der Waals surface area (Å²) in [6.45, 7) is 22.0. The molecule has 0 aromatic heterocycles. The Bertz CT molecular complexity index is 271. The Morgan fingerprint density at radius 2 is 1.28 bits per heavy atom. The Kier molecular flexibility index (Phi) is 4.76. The summed E-state index contributed by atoms with van der Waals surface area (Å²) in [4.78, 5) is 4.07. The van der Waals surface area contributed by atoms with Crippen LogP contribution >= 0.6 is 0 Å². The third-order valence-corrected chi connectivity index (χ3v) is 10.0. The fourth-order valence-electron chi connectivity index (χ4n) is 4.45. The molecule has 2 heteroatoms. The molecule has 1 fully saturated rings. The van der Waals surface area contributed by atoms with Crippen molar-refractivity contribution >= 4 is 8.24 Å². The first-order valence-corrected chi connectivity index (χ1v) is 10.9. The minimum atomic E-state index is -1.39. The van der Waals surface area contributed by atoms with Crippen LogP contribution in [-0.2, 0) is 0 Å². The lowest BCUT2D eigenvalue weighted by molar-refractivity contribution is 0.352. The van der Waals surface area contributed by atoms with E-state index in [1.165, 1.54) is 6.42 Å². The van der Waals surface area contributed by atoms with Crippen molar-refractivity contribution in [3.63, 3.8) is 0 Å². The van der Waals surface area contributed by atoms with Gasteiger partial charge in [0.05, 0.1) is 0 Å². The van der Waals surface area contributed by atoms with E-state index in [9.17, 15) is 0 Å². The van der Waals surface area contributed by atoms with Gasteiger partial charge in [-0.25, -0.2) is 0 Å². The highest BCUT2D eigenvalue weighted by Gasteiger charge is 2.50. The predicted molar refractivity (Wildman–Crippen MR) is 85.4 cm³/mol. The van der Waals surface area contributed by atoms with Gasteiger partial charge < -0.3 is 4.98 Å². The minimum absolute atomic E-state index is 0.296. The summed E-state index contributed by atoms with van der Waals surface area (Å²) in [5, 5.41) is 0. The predicted octanol–water partition coefficient (Wildman–Crippen LogP) is 4.90. The van der Waals surface area contributed by atoms with Gasteiger partial charge in [0.1, 0.15) is 8.24 Å². The molecule has 0 aromatic carbocycles. The average molecular weight is 270 g/mol. The van der Waals surface area contributed by atoms with E-state index >= 15 is 0 Å². The van der Waals surface area contributed by atoms with Crippen molar-refractivity contribution in [1.29, 1.82) is 0 Å². The molecule has 1 rings (SSSR count). The quantitative estimate of drug-likeness (QED) is 0.716. The fraction of sp³-hybridized carbons (Fsp3) is 1.00. The first-order valence-electron chi connectivity index (χ1n) is 7.83. The summed E-state index contributed by atoms with van der Waals surface area (Å²) in [6, 6.07) is 0. The maximum absolute atomic E-state index is 4.07. The Hall–Kier alpha value is 0.177. The van der Waals surface area contributed by atoms with Gasteiger partial charge in [-0.2, -0.15) is 0 Å². The van der Waals surface area contributed by atoms with Gasteiger partial charge in [0, 0.05) is 5.54 Å². The van der Waals surface area contributed by atoms with E-state index in [0.29, 0.717) is 5.54 Å². The topological polar surface area (TPSA) is 12.0 Å². The molecule has 0 aliphatic heterocycles. The maximum atomic E-state index is 4.07. The largest absolute Gasteiger partial charge is 0.332 e. The lowest BCUT2D eigenvalue weighted by Gasteiger charge is -2.43. The second kappa shape index (κ2) is 5.28. The van der Waals surface area contributed by atoms with Crippen LogP contribution in [0.4, 0.5) is 0 Å². The second-order valence-corrected chi connectivity index (χ2v) is 12.4. The van der Waals surface area contributed by atoms with Crippen molar-refractivity contribution in [3.8, 4) is 0 Å². The van der Waals surface area contributed by atoms with E-state index in [0.717, 1.165) is 29.2 Å². The summed E-state index contributed by atoms with van der Waals surface area (Å²) in [7, 11) is -1.39. The maximum Gasteiger partial charge on any atom is 0.123 e. The number of hydrogen-bond donors (Lipinski definition) is 1. The van der Waals surface area contributed by atoms with Gasteiger partial charge in [0.2, 0.25) is 0 Å². The van der Waals surface area contributed by atoms with Crippen LogP contribution in [0.3, 0.4) is 0 Å². The molecule has 1 N–H and O–H groups in total. The number of hydrogen-bond acceptors (Lipinski definition) is 1. The molecule has 0 aromatic rings. The van der Waals surface area contributed by atoms with Crippen molar-refractivity contribution < 1.29 is 0 Å². The SMILES string of the molecule is CCC(C)(C)N[Si](C)(C)C1C(C)C(C)C(C)C1C. The Balaban J connectivity index is 2.91. The molecular formula is C16H35NSi. The van der Waals surface area contributed by atoms with Gasteiger partial charge in [-0.05, 0) is 49.5 Å². The summed E-state index contributed by atoms with van der Waals surface area (Å²) in [5.41, 5.74) is 1.21. The normalized spacial score (nSPS) is 38.2. The fourth-order valence-corrected chi connectivity index (χ4v) is 9.77. The van der Waals surface area contributed by atoms with Crippen molar-refractivity contribution in [2.75, 3.05) is 0 Å². The highest BCUT2D eigenvalue weighted by molar-refractivity contribution is 6.76. The monoisotopic (exact) mass is 269 g/mol. The van der Waals surface area contributed by atoms with Gasteiger partial charge >= 0.3 is 0 Å². The molecule has 4 atom stereocenters. The lowest BCUT2D eigenvalue weighted by Crippen LogP contribution is -2.59. The zero-order valence-corrected chi connectivity index (χ0v) is 15.1. The van der Waals surface area contributed by atoms with Gasteiger partial charge in [0.25, 0.3) is 0 Å². The highest BCUT2D eigenvalue weighted by atomic mass is 28.3. The third kappa shape index (κ3) is 3.01. The van der Waals surface area contributed by atoms with Crippen LogP contribution in [0.15, 0.2) is 0 Å². The molecule has 18 heavy (non-hydrogen) atoms. The summed E-state index contributed by atoms with van der Waals surface area (Å²) < 4.78 is 0. The molecular weight excluding hydrogens is 234 g/mol. The van der Waals surface area contributed by atoms with Crippen LogP contribution in [0.25, 0.3) is 0 Å². The van der Waals surface area contributed by atoms with E-state index in [-0.39, 0.29) is 0 Å². The van der Waals surface area contributed by atoms with Crippen molar-refractivity contribution in [3.05, 3.63) is 0 Å². The minimum Gasteiger partial charge on any atom is -0.332 e. The molecule has 4 unspecified atom stereocenters. The van der Waals surface area contributed by atoms with Crippen LogP contribution in [0, 0.1) is 23.7 Å². The van der Waals surface area contributed by atoms with Gasteiger partial charge in [0.15, 0.2) is 0 Å². The molecule has 0 spiro atoms. The average Bonchev–Trinajstić information content (AvgIpc) is 2.42. The van der Waals surface area contributed by atoms with Crippen LogP contribution in [-0.4, -0.2) is 13.8 Å². The zero-order chi connectivity index (χ0) is 14.3. The van der Waals surface area contributed by atoms with Crippen molar-refractivity contribution in [1.82, 2.24) is 4.98 Å². The first kappa shape index (κ1) is 16.2. The van der Waals surface area contributed by atoms with Crippen LogP contribution in [0.5, 0.6) is 0 Å². The highest BCUT2D eigenvalue weighted by Crippen LogP contribution is 2.53. The van der Waals surface area contributed by atoms with Crippen LogP contribution in [0.1, 0.15) is 54.9 Å². The summed E-state index contributed by atoms with van der Waals surface area (Å²) in [6.07, 6.45) is 1.21. The van der Waals surface area contributed by atoms with E-state index in [1.54, 1.807) is 0 Å². The van der Waals surface area contributed by atoms with Crippen molar-refractivity contribution in [2.24, 2.45) is 23.7 Å². The van der Waals surface area contributed by atoms with Gasteiger partial charge in [-0.1, -0.05) is 47.7 Å². The van der Waals surface area contributed by atoms with Gasteiger partial charge in [-0.15, -0.1) is 0 Å². The number of rotatable bonds is 4. The molecule has 0 heterocycles. The molecule has 108 valence electrons. The standard InChI is InChI=1S/C16H35NSi/c1-10-16(6,7)17-18(8,9)15-13(4)11(2)12(3)14(15)5/h11-15,17H,10H2,1-9H3. The van der Waals surface area contributed by atoms with E-state index in [1.807, 2.05) is 0 Å². The Morgan fingerprint density at radius 1 is 0.889 bits per heavy atom. The lowest BCUT2D eigenvalue weighted by atomic mass is 9.92. The molecule has 0 amide bonds. The Labute approximate surface area is 116 Å². The molecule has 0 bridgehead atoms. The number of nitrogens with one attached hydrogen (secondary N) is 1. The third-order valence-electron chi connectivity index (χ3n) is 6.00. The molecule has 1 nitrogen and oxygen atoms in total. The van der Waals surface area contributed by atoms with Crippen LogP contribution in [0.2, 0.25) is 18.6 Å². The Morgan fingerprint density at radius 3 is 1.61 bits per heavy atom. The second-order valence-electron chi connectivity index (χ2n) is 8.05. The molecule has 0 saturated heterocycles. The van der Waals surface area contributed by atoms with E-state index in [2.05, 4.69) is 66.5 Å². The zero-order valence-electron chi connectivity index (χ0n) is 14.1. The van der Waals surface area contributed by atoms with E-state index in [4.69, 9.17) is 0 Å². The molecule has 1 aliphatic carbocycles. The molecule has 1 aliphatic rings.